The van der Waals surface area contributed by atoms with Gasteiger partial charge in [-0.1, -0.05) is 25.5 Å². The molecule has 0 atom stereocenters. The summed E-state index contributed by atoms with van der Waals surface area (Å²) in [6.45, 7) is 6.78. The third-order valence-corrected chi connectivity index (χ3v) is 3.42. The van der Waals surface area contributed by atoms with Crippen molar-refractivity contribution in [3.63, 3.8) is 0 Å². The van der Waals surface area contributed by atoms with Crippen LogP contribution in [0.15, 0.2) is 11.6 Å². The number of aromatic nitrogens is 2. The molecule has 0 saturated heterocycles. The van der Waals surface area contributed by atoms with Gasteiger partial charge in [-0.3, -0.25) is 0 Å². The number of nitrogens with one attached hydrogen (secondary N) is 1. The van der Waals surface area contributed by atoms with Gasteiger partial charge < -0.3 is 10.1 Å². The molecule has 17 heavy (non-hydrogen) atoms. The molecule has 0 unspecified atom stereocenters. The van der Waals surface area contributed by atoms with Crippen LogP contribution in [0.25, 0.3) is 0 Å². The number of rotatable bonds is 5. The number of hydrogen-bond donors (Lipinski definition) is 1. The average molecular weight is 253 g/mol. The Morgan fingerprint density at radius 3 is 3.06 bits per heavy atom. The van der Waals surface area contributed by atoms with Crippen LogP contribution in [-0.4, -0.2) is 29.1 Å². The van der Waals surface area contributed by atoms with Gasteiger partial charge >= 0.3 is 0 Å². The van der Waals surface area contributed by atoms with E-state index in [1.165, 1.54) is 17.1 Å². The van der Waals surface area contributed by atoms with Crippen LogP contribution < -0.4 is 5.32 Å². The van der Waals surface area contributed by atoms with Crippen LogP contribution in [0.5, 0.6) is 0 Å². The highest BCUT2D eigenvalue weighted by Crippen LogP contribution is 2.18. The molecule has 5 heteroatoms. The maximum absolute atomic E-state index is 5.28. The fourth-order valence-electron chi connectivity index (χ4n) is 1.66. The Hall–Kier alpha value is -0.940. The van der Waals surface area contributed by atoms with Crippen LogP contribution >= 0.6 is 11.5 Å². The van der Waals surface area contributed by atoms with Crippen molar-refractivity contribution < 1.29 is 4.74 Å². The first-order chi connectivity index (χ1) is 8.25. The minimum Gasteiger partial charge on any atom is -0.377 e. The molecular weight excluding hydrogens is 234 g/mol. The molecule has 1 aromatic rings. The van der Waals surface area contributed by atoms with Gasteiger partial charge in [0.2, 0.25) is 5.13 Å². The van der Waals surface area contributed by atoms with Gasteiger partial charge in [-0.25, -0.2) is 4.98 Å². The Morgan fingerprint density at radius 2 is 2.41 bits per heavy atom. The van der Waals surface area contributed by atoms with Crippen molar-refractivity contribution in [2.75, 3.05) is 25.1 Å². The predicted octanol–water partition coefficient (Wildman–Crippen LogP) is 2.81. The normalized spacial score (nSPS) is 16.1. The molecule has 1 aromatic heterocycles. The molecule has 2 rings (SSSR count). The van der Waals surface area contributed by atoms with E-state index in [0.29, 0.717) is 5.92 Å². The third kappa shape index (κ3) is 3.78. The van der Waals surface area contributed by atoms with Crippen molar-refractivity contribution in [1.82, 2.24) is 9.36 Å². The molecule has 0 aliphatic carbocycles. The monoisotopic (exact) mass is 253 g/mol. The van der Waals surface area contributed by atoms with Gasteiger partial charge in [-0.2, -0.15) is 4.37 Å². The second kappa shape index (κ2) is 6.12. The number of anilines is 1. The second-order valence-electron chi connectivity index (χ2n) is 4.48. The lowest BCUT2D eigenvalue weighted by Gasteiger charge is -2.13. The molecule has 0 saturated carbocycles. The zero-order valence-corrected chi connectivity index (χ0v) is 11.2. The highest BCUT2D eigenvalue weighted by molar-refractivity contribution is 7.09. The molecule has 1 aliphatic heterocycles. The van der Waals surface area contributed by atoms with Crippen molar-refractivity contribution in [3.05, 3.63) is 17.5 Å². The van der Waals surface area contributed by atoms with Crippen LogP contribution in [0.2, 0.25) is 0 Å². The first-order valence-electron chi connectivity index (χ1n) is 6.09. The van der Waals surface area contributed by atoms with E-state index in [0.717, 1.165) is 43.6 Å². The lowest BCUT2D eigenvalue weighted by atomic mass is 10.1. The van der Waals surface area contributed by atoms with Gasteiger partial charge in [0.1, 0.15) is 5.82 Å². The lowest BCUT2D eigenvalue weighted by molar-refractivity contribution is 0.153. The van der Waals surface area contributed by atoms with Gasteiger partial charge in [0.15, 0.2) is 0 Å². The maximum Gasteiger partial charge on any atom is 0.202 e. The zero-order valence-electron chi connectivity index (χ0n) is 10.4. The van der Waals surface area contributed by atoms with E-state index in [1.54, 1.807) is 0 Å². The molecule has 0 spiro atoms. The van der Waals surface area contributed by atoms with E-state index in [2.05, 4.69) is 34.6 Å². The van der Waals surface area contributed by atoms with E-state index in [9.17, 15) is 0 Å². The fraction of sp³-hybridized carbons (Fsp3) is 0.667. The average Bonchev–Trinajstić information content (AvgIpc) is 2.79. The van der Waals surface area contributed by atoms with E-state index < -0.39 is 0 Å². The Labute approximate surface area is 106 Å². The Bertz CT molecular complexity index is 387. The van der Waals surface area contributed by atoms with Crippen LogP contribution in [0.1, 0.15) is 38.4 Å². The molecule has 0 aromatic carbocycles. The summed E-state index contributed by atoms with van der Waals surface area (Å²) in [6, 6.07) is 0. The van der Waals surface area contributed by atoms with E-state index in [1.807, 2.05) is 0 Å². The van der Waals surface area contributed by atoms with Crippen molar-refractivity contribution in [3.8, 4) is 0 Å². The first kappa shape index (κ1) is 12.5. The largest absolute Gasteiger partial charge is 0.377 e. The van der Waals surface area contributed by atoms with Crippen molar-refractivity contribution in [1.29, 1.82) is 0 Å². The quantitative estimate of drug-likeness (QED) is 0.820. The van der Waals surface area contributed by atoms with Crippen LogP contribution in [0.4, 0.5) is 5.13 Å². The Morgan fingerprint density at radius 1 is 1.53 bits per heavy atom. The van der Waals surface area contributed by atoms with Gasteiger partial charge in [0, 0.05) is 24.0 Å². The summed E-state index contributed by atoms with van der Waals surface area (Å²) in [5, 5.41) is 4.26. The van der Waals surface area contributed by atoms with Crippen molar-refractivity contribution in [2.45, 2.75) is 32.6 Å². The number of nitrogens with zero attached hydrogens (tertiary/aromatic N) is 2. The van der Waals surface area contributed by atoms with Crippen LogP contribution in [0, 0.1) is 0 Å². The van der Waals surface area contributed by atoms with Gasteiger partial charge in [-0.15, -0.1) is 0 Å². The van der Waals surface area contributed by atoms with E-state index >= 15 is 0 Å². The molecule has 1 N–H and O–H groups in total. The van der Waals surface area contributed by atoms with E-state index in [4.69, 9.17) is 4.74 Å². The molecule has 0 fully saturated rings. The van der Waals surface area contributed by atoms with Crippen LogP contribution in [-0.2, 0) is 4.74 Å². The SMILES string of the molecule is CC(C)c1nsc(NCCC2=CCOCC2)n1. The summed E-state index contributed by atoms with van der Waals surface area (Å²) in [6.07, 6.45) is 4.32. The Balaban J connectivity index is 1.75. The van der Waals surface area contributed by atoms with Gasteiger partial charge in [0.05, 0.1) is 13.2 Å². The Kier molecular flexibility index (Phi) is 4.50. The minimum atomic E-state index is 0.403. The molecule has 0 amide bonds. The van der Waals surface area contributed by atoms with Crippen molar-refractivity contribution in [2.24, 2.45) is 0 Å². The minimum absolute atomic E-state index is 0.403. The molecule has 0 radical (unpaired) electrons. The second-order valence-corrected chi connectivity index (χ2v) is 5.23. The summed E-state index contributed by atoms with van der Waals surface area (Å²) in [5.74, 6) is 1.34. The number of ether oxygens (including phenoxy) is 1. The van der Waals surface area contributed by atoms with E-state index in [-0.39, 0.29) is 0 Å². The van der Waals surface area contributed by atoms with Crippen molar-refractivity contribution >= 4 is 16.7 Å². The highest BCUT2D eigenvalue weighted by Gasteiger charge is 2.07. The fourth-order valence-corrected chi connectivity index (χ4v) is 2.40. The molecule has 2 heterocycles. The predicted molar refractivity (Wildman–Crippen MR) is 70.6 cm³/mol. The topological polar surface area (TPSA) is 47.0 Å². The zero-order chi connectivity index (χ0) is 12.1. The smallest absolute Gasteiger partial charge is 0.202 e. The standard InChI is InChI=1S/C12H19N3OS/c1-9(2)11-14-12(17-15-11)13-6-3-10-4-7-16-8-5-10/h4,9H,3,5-8H2,1-2H3,(H,13,14,15). The summed E-state index contributed by atoms with van der Waals surface area (Å²) in [4.78, 5) is 4.44. The lowest BCUT2D eigenvalue weighted by Crippen LogP contribution is -2.08. The third-order valence-electron chi connectivity index (χ3n) is 2.74. The summed E-state index contributed by atoms with van der Waals surface area (Å²) in [7, 11) is 0. The molecule has 94 valence electrons. The maximum atomic E-state index is 5.28. The molecule has 4 nitrogen and oxygen atoms in total. The molecule has 0 bridgehead atoms. The summed E-state index contributed by atoms with van der Waals surface area (Å²) < 4.78 is 9.59. The molecular formula is C12H19N3OS. The molecule has 1 aliphatic rings. The highest BCUT2D eigenvalue weighted by atomic mass is 32.1. The summed E-state index contributed by atoms with van der Waals surface area (Å²) in [5.41, 5.74) is 1.48. The first-order valence-corrected chi connectivity index (χ1v) is 6.86. The van der Waals surface area contributed by atoms with Gasteiger partial charge in [-0.05, 0) is 12.8 Å². The van der Waals surface area contributed by atoms with Crippen LogP contribution in [0.3, 0.4) is 0 Å². The summed E-state index contributed by atoms with van der Waals surface area (Å²) >= 11 is 1.45. The van der Waals surface area contributed by atoms with Gasteiger partial charge in [0.25, 0.3) is 0 Å². The number of hydrogen-bond acceptors (Lipinski definition) is 5.